The van der Waals surface area contributed by atoms with Crippen molar-refractivity contribution in [1.29, 1.82) is 5.26 Å². The fraction of sp³-hybridized carbons (Fsp3) is 0.0714. The van der Waals surface area contributed by atoms with E-state index in [1.54, 1.807) is 24.3 Å². The number of phenolic OH excluding ortho intramolecular Hbond substituents is 1. The molecule has 0 aliphatic heterocycles. The summed E-state index contributed by atoms with van der Waals surface area (Å²) in [4.78, 5) is 0. The van der Waals surface area contributed by atoms with Crippen LogP contribution >= 0.6 is 0 Å². The SMILES string of the molecule is Cc1ccc(C#N)c(Oc2cccc(O)c2N)c1. The Morgan fingerprint density at radius 3 is 2.72 bits per heavy atom. The maximum absolute atomic E-state index is 9.49. The van der Waals surface area contributed by atoms with Crippen molar-refractivity contribution in [2.75, 3.05) is 5.73 Å². The lowest BCUT2D eigenvalue weighted by Crippen LogP contribution is -1.94. The molecule has 90 valence electrons. The molecule has 0 aliphatic carbocycles. The molecule has 18 heavy (non-hydrogen) atoms. The molecule has 0 spiro atoms. The number of nitriles is 1. The number of hydrogen-bond acceptors (Lipinski definition) is 4. The van der Waals surface area contributed by atoms with Crippen molar-refractivity contribution in [3.05, 3.63) is 47.5 Å². The molecule has 2 aromatic rings. The van der Waals surface area contributed by atoms with Crippen molar-refractivity contribution in [2.45, 2.75) is 6.92 Å². The molecule has 0 saturated heterocycles. The summed E-state index contributed by atoms with van der Waals surface area (Å²) in [7, 11) is 0. The Labute approximate surface area is 105 Å². The lowest BCUT2D eigenvalue weighted by atomic mass is 10.1. The van der Waals surface area contributed by atoms with Crippen LogP contribution in [0.15, 0.2) is 36.4 Å². The van der Waals surface area contributed by atoms with Gasteiger partial charge in [-0.3, -0.25) is 0 Å². The van der Waals surface area contributed by atoms with Gasteiger partial charge in [-0.15, -0.1) is 0 Å². The van der Waals surface area contributed by atoms with Crippen LogP contribution in [-0.4, -0.2) is 5.11 Å². The Morgan fingerprint density at radius 2 is 2.00 bits per heavy atom. The summed E-state index contributed by atoms with van der Waals surface area (Å²) in [5, 5.41) is 18.5. The van der Waals surface area contributed by atoms with Gasteiger partial charge < -0.3 is 15.6 Å². The van der Waals surface area contributed by atoms with Crippen LogP contribution in [0.3, 0.4) is 0 Å². The number of aromatic hydroxyl groups is 1. The quantitative estimate of drug-likeness (QED) is 0.624. The van der Waals surface area contributed by atoms with Crippen LogP contribution in [0.5, 0.6) is 17.2 Å². The first kappa shape index (κ1) is 11.8. The summed E-state index contributed by atoms with van der Waals surface area (Å²) in [5.41, 5.74) is 7.25. The first-order valence-corrected chi connectivity index (χ1v) is 5.38. The van der Waals surface area contributed by atoms with Crippen molar-refractivity contribution in [2.24, 2.45) is 0 Å². The second-order valence-corrected chi connectivity index (χ2v) is 3.90. The molecule has 0 radical (unpaired) electrons. The second kappa shape index (κ2) is 4.68. The zero-order valence-corrected chi connectivity index (χ0v) is 9.84. The van der Waals surface area contributed by atoms with E-state index in [9.17, 15) is 5.11 Å². The van der Waals surface area contributed by atoms with E-state index >= 15 is 0 Å². The molecule has 0 saturated carbocycles. The number of para-hydroxylation sites is 1. The van der Waals surface area contributed by atoms with Gasteiger partial charge in [0.25, 0.3) is 0 Å². The first-order valence-electron chi connectivity index (χ1n) is 5.38. The van der Waals surface area contributed by atoms with Crippen LogP contribution in [-0.2, 0) is 0 Å². The number of aryl methyl sites for hydroxylation is 1. The van der Waals surface area contributed by atoms with Crippen molar-refractivity contribution in [3.63, 3.8) is 0 Å². The molecule has 2 rings (SSSR count). The van der Waals surface area contributed by atoms with E-state index in [4.69, 9.17) is 15.7 Å². The Bertz CT molecular complexity index is 630. The third-order valence-electron chi connectivity index (χ3n) is 2.52. The van der Waals surface area contributed by atoms with Gasteiger partial charge in [-0.1, -0.05) is 12.1 Å². The van der Waals surface area contributed by atoms with Crippen molar-refractivity contribution >= 4 is 5.69 Å². The Kier molecular flexibility index (Phi) is 3.07. The third kappa shape index (κ3) is 2.20. The van der Waals surface area contributed by atoms with E-state index in [-0.39, 0.29) is 11.4 Å². The highest BCUT2D eigenvalue weighted by Gasteiger charge is 2.09. The Morgan fingerprint density at radius 1 is 1.22 bits per heavy atom. The molecular formula is C14H12N2O2. The standard InChI is InChI=1S/C14H12N2O2/c1-9-5-6-10(8-15)13(7-9)18-12-4-2-3-11(17)14(12)16/h2-7,17H,16H2,1H3. The number of rotatable bonds is 2. The number of anilines is 1. The highest BCUT2D eigenvalue weighted by Crippen LogP contribution is 2.34. The number of nitrogens with two attached hydrogens (primary N) is 1. The predicted octanol–water partition coefficient (Wildman–Crippen LogP) is 2.95. The minimum absolute atomic E-state index is 0.0429. The number of benzene rings is 2. The smallest absolute Gasteiger partial charge is 0.154 e. The lowest BCUT2D eigenvalue weighted by molar-refractivity contribution is 0.459. The van der Waals surface area contributed by atoms with Gasteiger partial charge >= 0.3 is 0 Å². The van der Waals surface area contributed by atoms with Gasteiger partial charge in [-0.25, -0.2) is 0 Å². The monoisotopic (exact) mass is 240 g/mol. The molecule has 0 atom stereocenters. The van der Waals surface area contributed by atoms with E-state index in [1.807, 2.05) is 19.1 Å². The number of ether oxygens (including phenoxy) is 1. The summed E-state index contributed by atoms with van der Waals surface area (Å²) in [6, 6.07) is 12.1. The van der Waals surface area contributed by atoms with Crippen LogP contribution < -0.4 is 10.5 Å². The van der Waals surface area contributed by atoms with Crippen LogP contribution in [0.2, 0.25) is 0 Å². The number of nitrogens with zero attached hydrogens (tertiary/aromatic N) is 1. The van der Waals surface area contributed by atoms with Crippen LogP contribution in [0.1, 0.15) is 11.1 Å². The van der Waals surface area contributed by atoms with E-state index in [0.29, 0.717) is 17.1 Å². The van der Waals surface area contributed by atoms with Crippen LogP contribution in [0.25, 0.3) is 0 Å². The molecule has 0 fully saturated rings. The van der Waals surface area contributed by atoms with Crippen LogP contribution in [0, 0.1) is 18.3 Å². The molecule has 3 N–H and O–H groups in total. The van der Waals surface area contributed by atoms with Crippen LogP contribution in [0.4, 0.5) is 5.69 Å². The van der Waals surface area contributed by atoms with Gasteiger partial charge in [0.2, 0.25) is 0 Å². The minimum atomic E-state index is -0.0429. The molecular weight excluding hydrogens is 228 g/mol. The minimum Gasteiger partial charge on any atom is -0.506 e. The highest BCUT2D eigenvalue weighted by atomic mass is 16.5. The van der Waals surface area contributed by atoms with E-state index < -0.39 is 0 Å². The molecule has 0 aliphatic rings. The zero-order valence-electron chi connectivity index (χ0n) is 9.84. The lowest BCUT2D eigenvalue weighted by Gasteiger charge is -2.11. The average Bonchev–Trinajstić information content (AvgIpc) is 2.35. The highest BCUT2D eigenvalue weighted by molar-refractivity contribution is 5.63. The summed E-state index contributed by atoms with van der Waals surface area (Å²) < 4.78 is 5.59. The van der Waals surface area contributed by atoms with Gasteiger partial charge in [0.15, 0.2) is 5.75 Å². The molecule has 2 aromatic carbocycles. The molecule has 4 heteroatoms. The molecule has 0 amide bonds. The summed E-state index contributed by atoms with van der Waals surface area (Å²) >= 11 is 0. The number of phenols is 1. The molecule has 0 heterocycles. The largest absolute Gasteiger partial charge is 0.506 e. The van der Waals surface area contributed by atoms with Gasteiger partial charge in [0.05, 0.1) is 5.56 Å². The number of nitrogen functional groups attached to an aromatic ring is 1. The van der Waals surface area contributed by atoms with E-state index in [1.165, 1.54) is 6.07 Å². The summed E-state index contributed by atoms with van der Waals surface area (Å²) in [5.74, 6) is 0.713. The van der Waals surface area contributed by atoms with E-state index in [0.717, 1.165) is 5.56 Å². The fourth-order valence-electron chi connectivity index (χ4n) is 1.55. The van der Waals surface area contributed by atoms with Gasteiger partial charge in [0.1, 0.15) is 23.3 Å². The number of hydrogen-bond donors (Lipinski definition) is 2. The first-order chi connectivity index (χ1) is 8.61. The van der Waals surface area contributed by atoms with Crippen molar-refractivity contribution < 1.29 is 9.84 Å². The molecule has 0 bridgehead atoms. The van der Waals surface area contributed by atoms with Crippen molar-refractivity contribution in [3.8, 4) is 23.3 Å². The van der Waals surface area contributed by atoms with Gasteiger partial charge in [-0.05, 0) is 36.8 Å². The maximum atomic E-state index is 9.49. The predicted molar refractivity (Wildman–Crippen MR) is 68.5 cm³/mol. The molecule has 0 unspecified atom stereocenters. The zero-order chi connectivity index (χ0) is 13.1. The maximum Gasteiger partial charge on any atom is 0.154 e. The topological polar surface area (TPSA) is 79.3 Å². The summed E-state index contributed by atoms with van der Waals surface area (Å²) in [6.45, 7) is 1.90. The van der Waals surface area contributed by atoms with Gasteiger partial charge in [0, 0.05) is 0 Å². The Hall–Kier alpha value is -2.67. The fourth-order valence-corrected chi connectivity index (χ4v) is 1.55. The second-order valence-electron chi connectivity index (χ2n) is 3.90. The molecule has 4 nitrogen and oxygen atoms in total. The normalized spacial score (nSPS) is 9.78. The molecule has 0 aromatic heterocycles. The Balaban J connectivity index is 2.43. The average molecular weight is 240 g/mol. The third-order valence-corrected chi connectivity index (χ3v) is 2.52. The van der Waals surface area contributed by atoms with Gasteiger partial charge in [-0.2, -0.15) is 5.26 Å². The summed E-state index contributed by atoms with van der Waals surface area (Å²) in [6.07, 6.45) is 0. The van der Waals surface area contributed by atoms with E-state index in [2.05, 4.69) is 0 Å². The van der Waals surface area contributed by atoms with Crippen molar-refractivity contribution in [1.82, 2.24) is 0 Å².